The average molecular weight is 257 g/mol. The number of halogens is 3. The third-order valence-corrected chi connectivity index (χ3v) is 3.95. The van der Waals surface area contributed by atoms with Gasteiger partial charge in [-0.05, 0) is 48.9 Å². The van der Waals surface area contributed by atoms with E-state index < -0.39 is 11.7 Å². The van der Waals surface area contributed by atoms with Crippen LogP contribution in [0.4, 0.5) is 13.2 Å². The summed E-state index contributed by atoms with van der Waals surface area (Å²) in [5.74, 6) is 0.173. The summed E-state index contributed by atoms with van der Waals surface area (Å²) in [6.45, 7) is 0. The lowest BCUT2D eigenvalue weighted by molar-refractivity contribution is -0.168. The SMILES string of the molecule is Oc1ccc2c(c1)CCC2NC1(C(F)(F)F)CC1. The lowest BCUT2D eigenvalue weighted by Crippen LogP contribution is -2.46. The van der Waals surface area contributed by atoms with Crippen LogP contribution in [0.3, 0.4) is 0 Å². The fourth-order valence-electron chi connectivity index (χ4n) is 2.72. The Morgan fingerprint density at radius 1 is 1.28 bits per heavy atom. The highest BCUT2D eigenvalue weighted by Gasteiger charge is 2.64. The first kappa shape index (κ1) is 11.8. The second kappa shape index (κ2) is 3.63. The number of hydrogen-bond donors (Lipinski definition) is 2. The van der Waals surface area contributed by atoms with Crippen molar-refractivity contribution in [2.24, 2.45) is 0 Å². The standard InChI is InChI=1S/C13H14F3NO/c14-13(15,16)12(5-6-12)17-11-4-1-8-7-9(18)2-3-10(8)11/h2-3,7,11,17-18H,1,4-6H2. The van der Waals surface area contributed by atoms with Gasteiger partial charge < -0.3 is 5.11 Å². The molecule has 1 aromatic carbocycles. The van der Waals surface area contributed by atoms with Crippen molar-refractivity contribution in [1.29, 1.82) is 0 Å². The van der Waals surface area contributed by atoms with Crippen LogP contribution in [-0.4, -0.2) is 16.8 Å². The molecule has 0 heterocycles. The molecule has 2 N–H and O–H groups in total. The summed E-state index contributed by atoms with van der Waals surface area (Å²) in [4.78, 5) is 0. The monoisotopic (exact) mass is 257 g/mol. The van der Waals surface area contributed by atoms with Crippen molar-refractivity contribution in [3.63, 3.8) is 0 Å². The number of rotatable bonds is 2. The van der Waals surface area contributed by atoms with Crippen LogP contribution in [-0.2, 0) is 6.42 Å². The topological polar surface area (TPSA) is 32.3 Å². The second-order valence-electron chi connectivity index (χ2n) is 5.20. The van der Waals surface area contributed by atoms with Crippen molar-refractivity contribution in [3.05, 3.63) is 29.3 Å². The summed E-state index contributed by atoms with van der Waals surface area (Å²) in [6, 6.07) is 4.66. The van der Waals surface area contributed by atoms with Crippen LogP contribution in [0.5, 0.6) is 5.75 Å². The minimum Gasteiger partial charge on any atom is -0.508 e. The molecule has 0 aliphatic heterocycles. The number of phenols is 1. The third kappa shape index (κ3) is 1.77. The van der Waals surface area contributed by atoms with Gasteiger partial charge in [-0.3, -0.25) is 5.32 Å². The lowest BCUT2D eigenvalue weighted by atomic mass is 10.1. The molecule has 1 atom stereocenters. The van der Waals surface area contributed by atoms with E-state index in [1.54, 1.807) is 12.1 Å². The molecule has 5 heteroatoms. The predicted molar refractivity (Wildman–Crippen MR) is 60.3 cm³/mol. The number of aromatic hydroxyl groups is 1. The van der Waals surface area contributed by atoms with Crippen molar-refractivity contribution in [2.45, 2.75) is 43.4 Å². The van der Waals surface area contributed by atoms with Crippen LogP contribution in [0.1, 0.15) is 36.4 Å². The first-order chi connectivity index (χ1) is 8.41. The highest BCUT2D eigenvalue weighted by molar-refractivity contribution is 5.40. The van der Waals surface area contributed by atoms with Gasteiger partial charge in [0.25, 0.3) is 0 Å². The molecule has 0 bridgehead atoms. The Balaban J connectivity index is 1.82. The summed E-state index contributed by atoms with van der Waals surface area (Å²) in [5.41, 5.74) is 0.172. The van der Waals surface area contributed by atoms with Crippen molar-refractivity contribution in [1.82, 2.24) is 5.32 Å². The summed E-state index contributed by atoms with van der Waals surface area (Å²) in [6.07, 6.45) is -2.46. The second-order valence-corrected chi connectivity index (χ2v) is 5.20. The fourth-order valence-corrected chi connectivity index (χ4v) is 2.72. The molecule has 1 fully saturated rings. The maximum absolute atomic E-state index is 12.9. The summed E-state index contributed by atoms with van der Waals surface area (Å²) in [7, 11) is 0. The number of fused-ring (bicyclic) bond motifs is 1. The van der Waals surface area contributed by atoms with Gasteiger partial charge in [-0.15, -0.1) is 0 Å². The van der Waals surface area contributed by atoms with Crippen LogP contribution in [0.2, 0.25) is 0 Å². The Morgan fingerprint density at radius 3 is 2.61 bits per heavy atom. The van der Waals surface area contributed by atoms with Crippen molar-refractivity contribution in [2.75, 3.05) is 0 Å². The summed E-state index contributed by atoms with van der Waals surface area (Å²) < 4.78 is 38.7. The molecule has 0 spiro atoms. The quantitative estimate of drug-likeness (QED) is 0.853. The molecule has 3 rings (SSSR count). The number of nitrogens with one attached hydrogen (secondary N) is 1. The van der Waals surface area contributed by atoms with Gasteiger partial charge in [-0.25, -0.2) is 0 Å². The Labute approximate surface area is 103 Å². The Morgan fingerprint density at radius 2 is 2.00 bits per heavy atom. The fraction of sp³-hybridized carbons (Fsp3) is 0.538. The molecule has 2 nitrogen and oxygen atoms in total. The third-order valence-electron chi connectivity index (χ3n) is 3.95. The van der Waals surface area contributed by atoms with Gasteiger partial charge in [-0.2, -0.15) is 13.2 Å². The molecule has 18 heavy (non-hydrogen) atoms. The molecule has 98 valence electrons. The first-order valence-corrected chi connectivity index (χ1v) is 6.07. The molecule has 0 saturated heterocycles. The van der Waals surface area contributed by atoms with Crippen LogP contribution in [0, 0.1) is 0 Å². The molecule has 1 unspecified atom stereocenters. The molecule has 1 saturated carbocycles. The molecular formula is C13H14F3NO. The first-order valence-electron chi connectivity index (χ1n) is 6.07. The van der Waals surface area contributed by atoms with E-state index in [0.717, 1.165) is 17.5 Å². The van der Waals surface area contributed by atoms with Crippen LogP contribution < -0.4 is 5.32 Å². The average Bonchev–Trinajstić information content (AvgIpc) is 2.96. The van der Waals surface area contributed by atoms with E-state index in [0.29, 0.717) is 6.42 Å². The van der Waals surface area contributed by atoms with Crippen molar-refractivity contribution in [3.8, 4) is 5.75 Å². The number of aryl methyl sites for hydroxylation is 1. The normalized spacial score (nSPS) is 24.9. The van der Waals surface area contributed by atoms with Gasteiger partial charge in [0.2, 0.25) is 0 Å². The van der Waals surface area contributed by atoms with Crippen LogP contribution in [0.15, 0.2) is 18.2 Å². The van der Waals surface area contributed by atoms with E-state index in [9.17, 15) is 18.3 Å². The summed E-state index contributed by atoms with van der Waals surface area (Å²) in [5, 5.41) is 12.1. The lowest BCUT2D eigenvalue weighted by Gasteiger charge is -2.25. The molecule has 2 aliphatic carbocycles. The summed E-state index contributed by atoms with van der Waals surface area (Å²) >= 11 is 0. The molecule has 2 aliphatic rings. The largest absolute Gasteiger partial charge is 0.508 e. The molecule has 1 aromatic rings. The minimum absolute atomic E-state index is 0.167. The van der Waals surface area contributed by atoms with E-state index in [1.165, 1.54) is 6.07 Å². The number of hydrogen-bond acceptors (Lipinski definition) is 2. The van der Waals surface area contributed by atoms with Gasteiger partial charge in [0.15, 0.2) is 0 Å². The smallest absolute Gasteiger partial charge is 0.406 e. The highest BCUT2D eigenvalue weighted by atomic mass is 19.4. The van der Waals surface area contributed by atoms with E-state index >= 15 is 0 Å². The van der Waals surface area contributed by atoms with E-state index in [2.05, 4.69) is 5.32 Å². The van der Waals surface area contributed by atoms with E-state index in [-0.39, 0.29) is 24.6 Å². The molecule has 0 aromatic heterocycles. The maximum Gasteiger partial charge on any atom is 0.406 e. The van der Waals surface area contributed by atoms with Crippen molar-refractivity contribution < 1.29 is 18.3 Å². The minimum atomic E-state index is -4.17. The zero-order valence-corrected chi connectivity index (χ0v) is 9.72. The Hall–Kier alpha value is -1.23. The Bertz CT molecular complexity index is 480. The van der Waals surface area contributed by atoms with E-state index in [1.807, 2.05) is 0 Å². The predicted octanol–water partition coefficient (Wildman–Crippen LogP) is 3.06. The molecule has 0 amide bonds. The van der Waals surface area contributed by atoms with Crippen LogP contribution >= 0.6 is 0 Å². The number of benzene rings is 1. The Kier molecular flexibility index (Phi) is 2.39. The van der Waals surface area contributed by atoms with Crippen LogP contribution in [0.25, 0.3) is 0 Å². The highest BCUT2D eigenvalue weighted by Crippen LogP contribution is 2.51. The zero-order valence-electron chi connectivity index (χ0n) is 9.72. The van der Waals surface area contributed by atoms with Gasteiger partial charge in [-0.1, -0.05) is 6.07 Å². The van der Waals surface area contributed by atoms with Gasteiger partial charge >= 0.3 is 6.18 Å². The maximum atomic E-state index is 12.9. The molecular weight excluding hydrogens is 243 g/mol. The molecule has 0 radical (unpaired) electrons. The van der Waals surface area contributed by atoms with E-state index in [4.69, 9.17) is 0 Å². The number of alkyl halides is 3. The van der Waals surface area contributed by atoms with Gasteiger partial charge in [0, 0.05) is 6.04 Å². The van der Waals surface area contributed by atoms with Crippen molar-refractivity contribution >= 4 is 0 Å². The zero-order chi connectivity index (χ0) is 13.0. The van der Waals surface area contributed by atoms with Gasteiger partial charge in [0.05, 0.1) is 0 Å². The van der Waals surface area contributed by atoms with Gasteiger partial charge in [0.1, 0.15) is 11.3 Å². The number of phenolic OH excluding ortho intramolecular Hbond substituents is 1.